The van der Waals surface area contributed by atoms with Crippen molar-refractivity contribution in [3.63, 3.8) is 0 Å². The maximum Gasteiger partial charge on any atom is 0.227 e. The molecule has 28 heavy (non-hydrogen) atoms. The van der Waals surface area contributed by atoms with E-state index in [1.807, 2.05) is 73.1 Å². The number of amides is 1. The summed E-state index contributed by atoms with van der Waals surface area (Å²) in [7, 11) is 3.31. The second-order valence-electron chi connectivity index (χ2n) is 7.19. The van der Waals surface area contributed by atoms with Crippen molar-refractivity contribution in [3.05, 3.63) is 72.8 Å². The number of carbonyl (C=O) groups excluding carboxylic acids is 1. The van der Waals surface area contributed by atoms with Crippen molar-refractivity contribution in [1.29, 1.82) is 0 Å². The Morgan fingerprint density at radius 3 is 2.18 bits per heavy atom. The second-order valence-corrected chi connectivity index (χ2v) is 7.19. The van der Waals surface area contributed by atoms with Gasteiger partial charge in [-0.1, -0.05) is 12.1 Å². The van der Waals surface area contributed by atoms with Crippen LogP contribution in [0.4, 0.5) is 11.4 Å². The summed E-state index contributed by atoms with van der Waals surface area (Å²) in [6, 6.07) is 15.7. The number of rotatable bonds is 7. The third-order valence-corrected chi connectivity index (χ3v) is 4.92. The van der Waals surface area contributed by atoms with Crippen LogP contribution in [-0.4, -0.2) is 29.6 Å². The molecular weight excluding hydrogens is 352 g/mol. The fourth-order valence-corrected chi connectivity index (χ4v) is 3.42. The van der Waals surface area contributed by atoms with Crippen LogP contribution in [0, 0.1) is 5.41 Å². The van der Waals surface area contributed by atoms with Gasteiger partial charge in [0.1, 0.15) is 5.75 Å². The first-order valence-corrected chi connectivity index (χ1v) is 9.16. The van der Waals surface area contributed by atoms with Crippen LogP contribution in [-0.2, 0) is 4.79 Å². The minimum Gasteiger partial charge on any atom is -0.497 e. The number of anilines is 2. The summed E-state index contributed by atoms with van der Waals surface area (Å²) in [6.45, 7) is 3.89. The molecule has 3 rings (SSSR count). The first-order valence-electron chi connectivity index (χ1n) is 9.16. The Labute approximate surface area is 165 Å². The molecule has 0 aliphatic heterocycles. The molecule has 1 aromatic heterocycles. The summed E-state index contributed by atoms with van der Waals surface area (Å²) in [4.78, 5) is 16.7. The van der Waals surface area contributed by atoms with Crippen LogP contribution in [0.1, 0.15) is 25.5 Å². The molecule has 0 saturated carbocycles. The van der Waals surface area contributed by atoms with Crippen molar-refractivity contribution in [1.82, 2.24) is 14.9 Å². The van der Waals surface area contributed by atoms with Gasteiger partial charge in [-0.25, -0.2) is 4.98 Å². The summed E-state index contributed by atoms with van der Waals surface area (Å²) in [5.41, 5.74) is 2.33. The lowest BCUT2D eigenvalue weighted by atomic mass is 9.79. The van der Waals surface area contributed by atoms with Gasteiger partial charge in [-0.3, -0.25) is 4.79 Å². The molecule has 1 unspecified atom stereocenters. The van der Waals surface area contributed by atoms with E-state index >= 15 is 0 Å². The summed E-state index contributed by atoms with van der Waals surface area (Å²) in [6.07, 6.45) is 5.37. The van der Waals surface area contributed by atoms with Gasteiger partial charge in [0.05, 0.1) is 24.9 Å². The van der Waals surface area contributed by atoms with Gasteiger partial charge in [0.25, 0.3) is 0 Å². The molecule has 3 aromatic rings. The highest BCUT2D eigenvalue weighted by molar-refractivity contribution is 5.82. The van der Waals surface area contributed by atoms with Gasteiger partial charge in [0.2, 0.25) is 5.91 Å². The van der Waals surface area contributed by atoms with Crippen LogP contribution >= 0.6 is 0 Å². The quantitative estimate of drug-likeness (QED) is 0.652. The van der Waals surface area contributed by atoms with E-state index in [9.17, 15) is 4.79 Å². The van der Waals surface area contributed by atoms with Gasteiger partial charge >= 0.3 is 0 Å². The molecule has 6 nitrogen and oxygen atoms in total. The Hall–Kier alpha value is -3.28. The number of nitrogens with one attached hydrogen (secondary N) is 2. The van der Waals surface area contributed by atoms with Crippen LogP contribution < -0.4 is 15.4 Å². The van der Waals surface area contributed by atoms with Crippen molar-refractivity contribution in [2.45, 2.75) is 19.9 Å². The van der Waals surface area contributed by atoms with Crippen molar-refractivity contribution in [2.24, 2.45) is 5.41 Å². The highest BCUT2D eigenvalue weighted by Crippen LogP contribution is 2.37. The Bertz CT molecular complexity index is 901. The number of imidazole rings is 1. The van der Waals surface area contributed by atoms with Gasteiger partial charge in [0, 0.05) is 30.8 Å². The number of hydrogen-bond donors (Lipinski definition) is 2. The Kier molecular flexibility index (Phi) is 5.68. The molecule has 1 atom stereocenters. The van der Waals surface area contributed by atoms with Crippen LogP contribution in [0.25, 0.3) is 0 Å². The normalized spacial score (nSPS) is 12.3. The first-order chi connectivity index (χ1) is 13.5. The Balaban J connectivity index is 1.86. The molecule has 1 amide bonds. The summed E-state index contributed by atoms with van der Waals surface area (Å²) in [5.74, 6) is 0.798. The summed E-state index contributed by atoms with van der Waals surface area (Å²) >= 11 is 0. The standard InChI is InChI=1S/C22H26N4O2/c1-22(2,21(27)23-3)20(26-14-13-24-15-26)16-5-7-17(8-6-16)25-18-9-11-19(28-4)12-10-18/h5-15,20,25H,1-4H3,(H,23,27). The summed E-state index contributed by atoms with van der Waals surface area (Å²) < 4.78 is 7.16. The number of hydrogen-bond acceptors (Lipinski definition) is 4. The molecular formula is C22H26N4O2. The number of ether oxygens (including phenoxy) is 1. The van der Waals surface area contributed by atoms with E-state index in [1.54, 1.807) is 26.7 Å². The number of nitrogens with zero attached hydrogens (tertiary/aromatic N) is 2. The lowest BCUT2D eigenvalue weighted by Gasteiger charge is -2.34. The maximum atomic E-state index is 12.5. The average Bonchev–Trinajstić information content (AvgIpc) is 3.23. The Morgan fingerprint density at radius 1 is 1.07 bits per heavy atom. The number of methoxy groups -OCH3 is 1. The molecule has 2 aromatic carbocycles. The van der Waals surface area contributed by atoms with E-state index in [-0.39, 0.29) is 11.9 Å². The van der Waals surface area contributed by atoms with Gasteiger partial charge < -0.3 is 19.9 Å². The van der Waals surface area contributed by atoms with Crippen LogP contribution in [0.2, 0.25) is 0 Å². The van der Waals surface area contributed by atoms with Gasteiger partial charge in [0.15, 0.2) is 0 Å². The van der Waals surface area contributed by atoms with E-state index in [0.717, 1.165) is 22.7 Å². The third kappa shape index (κ3) is 4.01. The van der Waals surface area contributed by atoms with Crippen molar-refractivity contribution >= 4 is 17.3 Å². The average molecular weight is 378 g/mol. The molecule has 2 N–H and O–H groups in total. The SMILES string of the molecule is CNC(=O)C(C)(C)C(c1ccc(Nc2ccc(OC)cc2)cc1)n1ccnc1. The molecule has 0 aliphatic rings. The largest absolute Gasteiger partial charge is 0.497 e. The van der Waals surface area contributed by atoms with Crippen molar-refractivity contribution in [3.8, 4) is 5.75 Å². The van der Waals surface area contributed by atoms with Crippen LogP contribution in [0.5, 0.6) is 5.75 Å². The van der Waals surface area contributed by atoms with Gasteiger partial charge in [-0.05, 0) is 55.8 Å². The van der Waals surface area contributed by atoms with E-state index in [1.165, 1.54) is 0 Å². The molecule has 146 valence electrons. The predicted octanol–water partition coefficient (Wildman–Crippen LogP) is 4.00. The second kappa shape index (κ2) is 8.17. The highest BCUT2D eigenvalue weighted by Gasteiger charge is 2.38. The van der Waals surface area contributed by atoms with E-state index in [2.05, 4.69) is 15.6 Å². The zero-order chi connectivity index (χ0) is 20.1. The molecule has 1 heterocycles. The molecule has 6 heteroatoms. The molecule has 0 bridgehead atoms. The molecule has 0 aliphatic carbocycles. The molecule has 0 saturated heterocycles. The predicted molar refractivity (Wildman–Crippen MR) is 111 cm³/mol. The maximum absolute atomic E-state index is 12.5. The van der Waals surface area contributed by atoms with Crippen LogP contribution in [0.3, 0.4) is 0 Å². The zero-order valence-corrected chi connectivity index (χ0v) is 16.6. The fourth-order valence-electron chi connectivity index (χ4n) is 3.42. The van der Waals surface area contributed by atoms with Gasteiger partial charge in [-0.2, -0.15) is 0 Å². The number of carbonyl (C=O) groups is 1. The minimum absolute atomic E-state index is 0.0216. The van der Waals surface area contributed by atoms with Crippen LogP contribution in [0.15, 0.2) is 67.3 Å². The third-order valence-electron chi connectivity index (χ3n) is 4.92. The van der Waals surface area contributed by atoms with Crippen molar-refractivity contribution in [2.75, 3.05) is 19.5 Å². The lowest BCUT2D eigenvalue weighted by Crippen LogP contribution is -2.41. The molecule has 0 spiro atoms. The fraction of sp³-hybridized carbons (Fsp3) is 0.273. The minimum atomic E-state index is -0.652. The van der Waals surface area contributed by atoms with Gasteiger partial charge in [-0.15, -0.1) is 0 Å². The number of aromatic nitrogens is 2. The monoisotopic (exact) mass is 378 g/mol. The summed E-state index contributed by atoms with van der Waals surface area (Å²) in [5, 5.41) is 6.15. The molecule has 0 fully saturated rings. The molecule has 0 radical (unpaired) electrons. The van der Waals surface area contributed by atoms with Crippen molar-refractivity contribution < 1.29 is 9.53 Å². The van der Waals surface area contributed by atoms with E-state index < -0.39 is 5.41 Å². The Morgan fingerprint density at radius 2 is 1.68 bits per heavy atom. The van der Waals surface area contributed by atoms with E-state index in [0.29, 0.717) is 0 Å². The highest BCUT2D eigenvalue weighted by atomic mass is 16.5. The number of benzene rings is 2. The zero-order valence-electron chi connectivity index (χ0n) is 16.6. The smallest absolute Gasteiger partial charge is 0.227 e. The lowest BCUT2D eigenvalue weighted by molar-refractivity contribution is -0.130. The van der Waals surface area contributed by atoms with E-state index in [4.69, 9.17) is 4.74 Å². The topological polar surface area (TPSA) is 68.2 Å². The first kappa shape index (κ1) is 19.5.